The van der Waals surface area contributed by atoms with Crippen molar-refractivity contribution in [2.45, 2.75) is 31.6 Å². The number of alkyl carbamates (subject to hydrolysis) is 1. The first-order valence-electron chi connectivity index (χ1n) is 4.06. The predicted molar refractivity (Wildman–Crippen MR) is 53.0 cm³/mol. The van der Waals surface area contributed by atoms with Crippen LogP contribution in [0.2, 0.25) is 0 Å². The summed E-state index contributed by atoms with van der Waals surface area (Å²) in [6.07, 6.45) is -0.542. The maximum absolute atomic E-state index is 11.9. The molecule has 0 aliphatic rings. The van der Waals surface area contributed by atoms with Gasteiger partial charge in [0.15, 0.2) is 0 Å². The van der Waals surface area contributed by atoms with Crippen molar-refractivity contribution >= 4 is 18.7 Å². The number of carbonyl (C=O) groups is 1. The van der Waals surface area contributed by atoms with Crippen molar-refractivity contribution in [3.8, 4) is 0 Å². The number of rotatable bonds is 3. The number of thiol groups is 1. The number of halogens is 1. The molecule has 0 fully saturated rings. The number of nitrogens with one attached hydrogen (secondary N) is 1. The van der Waals surface area contributed by atoms with E-state index in [9.17, 15) is 9.18 Å². The van der Waals surface area contributed by atoms with Gasteiger partial charge in [-0.2, -0.15) is 12.6 Å². The second-order valence-corrected chi connectivity index (χ2v) is 4.42. The Kier molecular flexibility index (Phi) is 5.13. The first-order chi connectivity index (χ1) is 5.85. The Bertz CT molecular complexity index is 170. The van der Waals surface area contributed by atoms with E-state index < -0.39 is 23.6 Å². The van der Waals surface area contributed by atoms with Gasteiger partial charge in [0.05, 0.1) is 0 Å². The lowest BCUT2D eigenvalue weighted by molar-refractivity contribution is 0.0527. The maximum Gasteiger partial charge on any atom is 0.407 e. The van der Waals surface area contributed by atoms with Gasteiger partial charge >= 0.3 is 6.09 Å². The van der Waals surface area contributed by atoms with Gasteiger partial charge in [0, 0.05) is 11.8 Å². The molecule has 0 aliphatic carbocycles. The Labute approximate surface area is 83.4 Å². The van der Waals surface area contributed by atoms with Crippen LogP contribution < -0.4 is 5.32 Å². The standard InChI is InChI=1S/C8H16FNO2S/c1-8(2,3)12-7(11)10-5-6(13)4-9/h6,13H,4-5H2,1-3H3,(H,10,11). The molecule has 0 aromatic carbocycles. The summed E-state index contributed by atoms with van der Waals surface area (Å²) in [4.78, 5) is 11.0. The molecule has 0 saturated carbocycles. The monoisotopic (exact) mass is 209 g/mol. The third-order valence-corrected chi connectivity index (χ3v) is 1.38. The summed E-state index contributed by atoms with van der Waals surface area (Å²) in [7, 11) is 0. The molecule has 0 radical (unpaired) electrons. The minimum Gasteiger partial charge on any atom is -0.444 e. The molecule has 0 aromatic rings. The molecular weight excluding hydrogens is 193 g/mol. The maximum atomic E-state index is 11.9. The Morgan fingerprint density at radius 2 is 2.15 bits per heavy atom. The van der Waals surface area contributed by atoms with Crippen LogP contribution >= 0.6 is 12.6 Å². The van der Waals surface area contributed by atoms with Crippen LogP contribution in [0.15, 0.2) is 0 Å². The van der Waals surface area contributed by atoms with Gasteiger partial charge in [-0.3, -0.25) is 0 Å². The smallest absolute Gasteiger partial charge is 0.407 e. The normalized spacial score (nSPS) is 13.6. The fourth-order valence-corrected chi connectivity index (χ4v) is 0.661. The summed E-state index contributed by atoms with van der Waals surface area (Å²) in [5, 5.41) is 1.95. The highest BCUT2D eigenvalue weighted by atomic mass is 32.1. The zero-order valence-corrected chi connectivity index (χ0v) is 9.03. The Hall–Kier alpha value is -0.450. The van der Waals surface area contributed by atoms with E-state index in [-0.39, 0.29) is 6.54 Å². The van der Waals surface area contributed by atoms with E-state index in [1.807, 2.05) is 0 Å². The zero-order chi connectivity index (χ0) is 10.5. The van der Waals surface area contributed by atoms with E-state index in [4.69, 9.17) is 4.74 Å². The highest BCUT2D eigenvalue weighted by Gasteiger charge is 2.16. The van der Waals surface area contributed by atoms with Crippen LogP contribution in [0.4, 0.5) is 9.18 Å². The number of ether oxygens (including phenoxy) is 1. The molecule has 0 aliphatic heterocycles. The van der Waals surface area contributed by atoms with E-state index in [1.54, 1.807) is 20.8 Å². The van der Waals surface area contributed by atoms with Gasteiger partial charge in [-0.1, -0.05) is 0 Å². The quantitative estimate of drug-likeness (QED) is 0.695. The Balaban J connectivity index is 3.64. The van der Waals surface area contributed by atoms with Crippen LogP contribution in [-0.4, -0.2) is 30.2 Å². The summed E-state index contributed by atoms with van der Waals surface area (Å²) in [5.41, 5.74) is -0.522. The minimum absolute atomic E-state index is 0.175. The van der Waals surface area contributed by atoms with Crippen molar-refractivity contribution in [3.05, 3.63) is 0 Å². The molecule has 13 heavy (non-hydrogen) atoms. The lowest BCUT2D eigenvalue weighted by Crippen LogP contribution is -2.36. The van der Waals surface area contributed by atoms with Crippen molar-refractivity contribution in [1.29, 1.82) is 0 Å². The summed E-state index contributed by atoms with van der Waals surface area (Å²) < 4.78 is 16.8. The average Bonchev–Trinajstić information content (AvgIpc) is 1.97. The number of amides is 1. The first kappa shape index (κ1) is 12.6. The van der Waals surface area contributed by atoms with Gasteiger partial charge < -0.3 is 10.1 Å². The average molecular weight is 209 g/mol. The van der Waals surface area contributed by atoms with Crippen molar-refractivity contribution in [3.63, 3.8) is 0 Å². The molecular formula is C8H16FNO2S. The highest BCUT2D eigenvalue weighted by molar-refractivity contribution is 7.81. The SMILES string of the molecule is CC(C)(C)OC(=O)NCC(S)CF. The van der Waals surface area contributed by atoms with Crippen LogP contribution in [0, 0.1) is 0 Å². The third kappa shape index (κ3) is 7.90. The molecule has 1 atom stereocenters. The third-order valence-electron chi connectivity index (χ3n) is 1.06. The number of carbonyl (C=O) groups excluding carboxylic acids is 1. The van der Waals surface area contributed by atoms with Crippen molar-refractivity contribution < 1.29 is 13.9 Å². The minimum atomic E-state index is -0.571. The zero-order valence-electron chi connectivity index (χ0n) is 8.13. The van der Waals surface area contributed by atoms with Gasteiger partial charge in [-0.15, -0.1) is 0 Å². The molecule has 0 bridgehead atoms. The molecule has 1 N–H and O–H groups in total. The summed E-state index contributed by atoms with van der Waals surface area (Å²) in [5.74, 6) is 0. The molecule has 78 valence electrons. The molecule has 5 heteroatoms. The molecule has 0 spiro atoms. The first-order valence-corrected chi connectivity index (χ1v) is 4.57. The summed E-state index contributed by atoms with van der Waals surface area (Å²) in [6, 6.07) is 0. The number of hydrogen-bond acceptors (Lipinski definition) is 3. The molecule has 1 amide bonds. The molecule has 1 unspecified atom stereocenters. The van der Waals surface area contributed by atoms with Crippen molar-refractivity contribution in [2.24, 2.45) is 0 Å². The lowest BCUT2D eigenvalue weighted by atomic mass is 10.2. The summed E-state index contributed by atoms with van der Waals surface area (Å²) >= 11 is 3.87. The van der Waals surface area contributed by atoms with E-state index >= 15 is 0 Å². The number of alkyl halides is 1. The van der Waals surface area contributed by atoms with E-state index in [0.717, 1.165) is 0 Å². The molecule has 3 nitrogen and oxygen atoms in total. The van der Waals surface area contributed by atoms with Crippen LogP contribution in [0.3, 0.4) is 0 Å². The highest BCUT2D eigenvalue weighted by Crippen LogP contribution is 2.06. The topological polar surface area (TPSA) is 38.3 Å². The fraction of sp³-hybridized carbons (Fsp3) is 0.875. The van der Waals surface area contributed by atoms with Gasteiger partial charge in [0.25, 0.3) is 0 Å². The lowest BCUT2D eigenvalue weighted by Gasteiger charge is -2.20. The Morgan fingerprint density at radius 3 is 2.54 bits per heavy atom. The van der Waals surface area contributed by atoms with Gasteiger partial charge in [-0.05, 0) is 20.8 Å². The molecule has 0 heterocycles. The van der Waals surface area contributed by atoms with E-state index in [2.05, 4.69) is 17.9 Å². The van der Waals surface area contributed by atoms with Gasteiger partial charge in [0.1, 0.15) is 12.3 Å². The number of hydrogen-bond donors (Lipinski definition) is 2. The Morgan fingerprint density at radius 1 is 1.62 bits per heavy atom. The van der Waals surface area contributed by atoms with Crippen molar-refractivity contribution in [1.82, 2.24) is 5.32 Å². The molecule has 0 saturated heterocycles. The van der Waals surface area contributed by atoms with Gasteiger partial charge in [-0.25, -0.2) is 9.18 Å². The van der Waals surface area contributed by atoms with Crippen molar-refractivity contribution in [2.75, 3.05) is 13.2 Å². The van der Waals surface area contributed by atoms with Crippen LogP contribution in [-0.2, 0) is 4.74 Å². The predicted octanol–water partition coefficient (Wildman–Crippen LogP) is 1.78. The fourth-order valence-electron chi connectivity index (χ4n) is 0.570. The van der Waals surface area contributed by atoms with Crippen LogP contribution in [0.25, 0.3) is 0 Å². The largest absolute Gasteiger partial charge is 0.444 e. The van der Waals surface area contributed by atoms with Crippen LogP contribution in [0.5, 0.6) is 0 Å². The second-order valence-electron chi connectivity index (χ2n) is 3.69. The van der Waals surface area contributed by atoms with Gasteiger partial charge in [0.2, 0.25) is 0 Å². The van der Waals surface area contributed by atoms with E-state index in [1.165, 1.54) is 0 Å². The second kappa shape index (κ2) is 5.32. The van der Waals surface area contributed by atoms with Crippen LogP contribution in [0.1, 0.15) is 20.8 Å². The molecule has 0 rings (SSSR count). The van der Waals surface area contributed by atoms with E-state index in [0.29, 0.717) is 0 Å². The summed E-state index contributed by atoms with van der Waals surface area (Å²) in [6.45, 7) is 4.90. The molecule has 0 aromatic heterocycles.